The van der Waals surface area contributed by atoms with Gasteiger partial charge < -0.3 is 19.9 Å². The number of benzene rings is 1. The zero-order valence-electron chi connectivity index (χ0n) is 17.3. The highest BCUT2D eigenvalue weighted by molar-refractivity contribution is 5.91. The molecule has 3 aromatic rings. The van der Waals surface area contributed by atoms with Crippen LogP contribution in [0.5, 0.6) is 0 Å². The summed E-state index contributed by atoms with van der Waals surface area (Å²) >= 11 is 0. The fraction of sp³-hybridized carbons (Fsp3) is 0.364. The topological polar surface area (TPSA) is 98.1 Å². The number of aryl methyl sites for hydroxylation is 1. The average molecular weight is 407 g/mol. The van der Waals surface area contributed by atoms with Crippen LogP contribution in [0.1, 0.15) is 31.9 Å². The fourth-order valence-electron chi connectivity index (χ4n) is 3.65. The first-order chi connectivity index (χ1) is 14.4. The Morgan fingerprint density at radius 2 is 2.07 bits per heavy atom. The van der Waals surface area contributed by atoms with E-state index in [4.69, 9.17) is 9.72 Å². The number of carbonyl (C=O) groups excluding carboxylic acids is 1. The molecule has 2 atom stereocenters. The van der Waals surface area contributed by atoms with Crippen LogP contribution in [-0.2, 0) is 16.6 Å². The summed E-state index contributed by atoms with van der Waals surface area (Å²) in [5, 5.41) is 6.73. The molecule has 3 heterocycles. The lowest BCUT2D eigenvalue weighted by atomic mass is 10.0. The molecule has 1 aromatic carbocycles. The van der Waals surface area contributed by atoms with E-state index in [1.165, 1.54) is 17.8 Å². The van der Waals surface area contributed by atoms with Crippen molar-refractivity contribution in [3.05, 3.63) is 52.6 Å². The second-order valence-corrected chi connectivity index (χ2v) is 7.66. The number of amides is 1. The minimum absolute atomic E-state index is 0.0676. The van der Waals surface area contributed by atoms with E-state index < -0.39 is 0 Å². The lowest BCUT2D eigenvalue weighted by molar-refractivity contribution is -0.119. The molecular formula is C22H25N5O3. The molecule has 0 radical (unpaired) electrons. The highest BCUT2D eigenvalue weighted by Crippen LogP contribution is 2.27. The van der Waals surface area contributed by atoms with Gasteiger partial charge >= 0.3 is 0 Å². The van der Waals surface area contributed by atoms with Gasteiger partial charge in [-0.1, -0.05) is 24.3 Å². The fourth-order valence-corrected chi connectivity index (χ4v) is 3.65. The lowest BCUT2D eigenvalue weighted by Gasteiger charge is -2.16. The average Bonchev–Trinajstić information content (AvgIpc) is 3.23. The van der Waals surface area contributed by atoms with Crippen LogP contribution < -0.4 is 16.2 Å². The summed E-state index contributed by atoms with van der Waals surface area (Å²) in [6.07, 6.45) is 2.39. The van der Waals surface area contributed by atoms with Crippen molar-refractivity contribution < 1.29 is 9.53 Å². The molecule has 4 rings (SSSR count). The van der Waals surface area contributed by atoms with Crippen LogP contribution in [0.3, 0.4) is 0 Å². The van der Waals surface area contributed by atoms with E-state index in [2.05, 4.69) is 15.6 Å². The Bertz CT molecular complexity index is 1130. The molecule has 1 aliphatic rings. The maximum absolute atomic E-state index is 12.8. The number of nitrogens with zero attached hydrogens (tertiary/aromatic N) is 3. The first-order valence-electron chi connectivity index (χ1n) is 10.0. The third-order valence-electron chi connectivity index (χ3n) is 5.30. The van der Waals surface area contributed by atoms with Crippen molar-refractivity contribution in [2.45, 2.75) is 32.4 Å². The van der Waals surface area contributed by atoms with Crippen LogP contribution in [0.15, 0.2) is 41.5 Å². The van der Waals surface area contributed by atoms with E-state index >= 15 is 0 Å². The number of ether oxygens (including phenoxy) is 1. The molecule has 156 valence electrons. The van der Waals surface area contributed by atoms with Gasteiger partial charge in [-0.25, -0.2) is 9.97 Å². The largest absolute Gasteiger partial charge is 0.379 e. The maximum Gasteiger partial charge on any atom is 0.264 e. The Morgan fingerprint density at radius 3 is 2.73 bits per heavy atom. The molecule has 0 saturated carbocycles. The van der Waals surface area contributed by atoms with Crippen LogP contribution in [0.2, 0.25) is 0 Å². The Morgan fingerprint density at radius 1 is 1.30 bits per heavy atom. The minimum Gasteiger partial charge on any atom is -0.379 e. The molecule has 0 spiro atoms. The zero-order chi connectivity index (χ0) is 21.3. The molecule has 0 unspecified atom stereocenters. The van der Waals surface area contributed by atoms with E-state index in [1.807, 2.05) is 37.3 Å². The highest BCUT2D eigenvalue weighted by Gasteiger charge is 2.20. The van der Waals surface area contributed by atoms with E-state index in [0.29, 0.717) is 29.9 Å². The van der Waals surface area contributed by atoms with Crippen LogP contribution in [0, 0.1) is 0 Å². The van der Waals surface area contributed by atoms with Crippen LogP contribution in [0.25, 0.3) is 22.2 Å². The third kappa shape index (κ3) is 4.04. The monoisotopic (exact) mass is 407 g/mol. The Labute approximate surface area is 174 Å². The number of carbonyl (C=O) groups is 1. The van der Waals surface area contributed by atoms with Gasteiger partial charge in [0, 0.05) is 26.1 Å². The van der Waals surface area contributed by atoms with Gasteiger partial charge in [0.25, 0.3) is 5.56 Å². The van der Waals surface area contributed by atoms with Gasteiger partial charge in [-0.15, -0.1) is 0 Å². The van der Waals surface area contributed by atoms with Crippen LogP contribution in [0.4, 0.5) is 5.82 Å². The zero-order valence-corrected chi connectivity index (χ0v) is 17.3. The van der Waals surface area contributed by atoms with Crippen molar-refractivity contribution in [2.75, 3.05) is 18.5 Å². The molecule has 8 heteroatoms. The summed E-state index contributed by atoms with van der Waals surface area (Å²) in [5.41, 5.74) is 3.09. The first-order valence-corrected chi connectivity index (χ1v) is 10.0. The van der Waals surface area contributed by atoms with Crippen molar-refractivity contribution in [2.24, 2.45) is 7.05 Å². The van der Waals surface area contributed by atoms with Crippen molar-refractivity contribution in [3.8, 4) is 11.3 Å². The molecule has 1 amide bonds. The standard InChI is InChI=1S/C22H25N5O3/c1-13(24-14(2)28)15-4-6-16(7-5-15)18-10-19-20(22(29)27(3)12-23-19)21(26-18)25-17-8-9-30-11-17/h4-7,10,12-13,17H,8-9,11H2,1-3H3,(H,24,28)(H,25,26)/t13-,17-/m1/s1. The molecule has 30 heavy (non-hydrogen) atoms. The molecular weight excluding hydrogens is 382 g/mol. The van der Waals surface area contributed by atoms with E-state index in [0.717, 1.165) is 23.2 Å². The first kappa shape index (κ1) is 20.0. The van der Waals surface area contributed by atoms with Crippen molar-refractivity contribution in [1.82, 2.24) is 19.9 Å². The van der Waals surface area contributed by atoms with E-state index in [-0.39, 0.29) is 23.6 Å². The van der Waals surface area contributed by atoms with Gasteiger partial charge in [-0.3, -0.25) is 9.59 Å². The van der Waals surface area contributed by atoms with Gasteiger partial charge in [-0.2, -0.15) is 0 Å². The number of pyridine rings is 1. The smallest absolute Gasteiger partial charge is 0.264 e. The molecule has 2 N–H and O–H groups in total. The number of nitrogens with one attached hydrogen (secondary N) is 2. The molecule has 8 nitrogen and oxygen atoms in total. The molecule has 1 fully saturated rings. The summed E-state index contributed by atoms with van der Waals surface area (Å²) in [7, 11) is 1.68. The van der Waals surface area contributed by atoms with Crippen LogP contribution >= 0.6 is 0 Å². The minimum atomic E-state index is -0.139. The molecule has 2 aromatic heterocycles. The predicted octanol–water partition coefficient (Wildman–Crippen LogP) is 2.39. The molecule has 1 saturated heterocycles. The number of aromatic nitrogens is 3. The van der Waals surface area contributed by atoms with E-state index in [1.54, 1.807) is 7.05 Å². The summed E-state index contributed by atoms with van der Waals surface area (Å²) in [6, 6.07) is 9.73. The Hall–Kier alpha value is -3.26. The van der Waals surface area contributed by atoms with Gasteiger partial charge in [0.2, 0.25) is 5.91 Å². The number of anilines is 1. The molecule has 0 bridgehead atoms. The SMILES string of the molecule is CC(=O)N[C@H](C)c1ccc(-c2cc3ncn(C)c(=O)c3c(N[C@@H]3CCOC3)n2)cc1. The normalized spacial score (nSPS) is 17.1. The number of fused-ring (bicyclic) bond motifs is 1. The third-order valence-corrected chi connectivity index (χ3v) is 5.30. The number of hydrogen-bond acceptors (Lipinski definition) is 6. The Balaban J connectivity index is 1.75. The van der Waals surface area contributed by atoms with E-state index in [9.17, 15) is 9.59 Å². The summed E-state index contributed by atoms with van der Waals surface area (Å²) in [4.78, 5) is 33.3. The van der Waals surface area contributed by atoms with Gasteiger partial charge in [0.05, 0.1) is 36.2 Å². The number of hydrogen-bond donors (Lipinski definition) is 2. The lowest BCUT2D eigenvalue weighted by Crippen LogP contribution is -2.24. The molecule has 1 aliphatic heterocycles. The summed E-state index contributed by atoms with van der Waals surface area (Å²) < 4.78 is 6.91. The predicted molar refractivity (Wildman–Crippen MR) is 115 cm³/mol. The quantitative estimate of drug-likeness (QED) is 0.674. The van der Waals surface area contributed by atoms with Crippen molar-refractivity contribution in [3.63, 3.8) is 0 Å². The number of rotatable bonds is 5. The summed E-state index contributed by atoms with van der Waals surface area (Å²) in [5.74, 6) is 0.462. The Kier molecular flexibility index (Phi) is 5.50. The second kappa shape index (κ2) is 8.23. The van der Waals surface area contributed by atoms with Crippen molar-refractivity contribution >= 4 is 22.6 Å². The summed E-state index contributed by atoms with van der Waals surface area (Å²) in [6.45, 7) is 4.73. The maximum atomic E-state index is 12.8. The van der Waals surface area contributed by atoms with Gasteiger partial charge in [0.15, 0.2) is 0 Å². The highest BCUT2D eigenvalue weighted by atomic mass is 16.5. The van der Waals surface area contributed by atoms with Crippen molar-refractivity contribution in [1.29, 1.82) is 0 Å². The van der Waals surface area contributed by atoms with Gasteiger partial charge in [-0.05, 0) is 25.0 Å². The molecule has 0 aliphatic carbocycles. The van der Waals surface area contributed by atoms with Gasteiger partial charge in [0.1, 0.15) is 11.2 Å². The van der Waals surface area contributed by atoms with Crippen LogP contribution in [-0.4, -0.2) is 39.7 Å². The second-order valence-electron chi connectivity index (χ2n) is 7.66.